The highest BCUT2D eigenvalue weighted by Crippen LogP contribution is 2.49. The number of hydrogen-bond acceptors (Lipinski definition) is 13. The molecule has 2 aliphatic rings. The number of anilines is 2. The Kier molecular flexibility index (Phi) is 13.0. The third kappa shape index (κ3) is 9.06. The molecule has 5 N–H and O–H groups in total. The van der Waals surface area contributed by atoms with Crippen LogP contribution in [0, 0.1) is 0 Å². The number of nitrogens with one attached hydrogen (secondary N) is 3. The number of benzene rings is 5. The van der Waals surface area contributed by atoms with Crippen LogP contribution in [0.25, 0.3) is 21.9 Å². The Morgan fingerprint density at radius 2 is 1.50 bits per heavy atom. The molecule has 340 valence electrons. The maximum Gasteiger partial charge on any atom is 0.459 e. The molecular weight excluding hydrogens is 858 g/mol. The first-order chi connectivity index (χ1) is 32.1. The van der Waals surface area contributed by atoms with Gasteiger partial charge in [-0.1, -0.05) is 140 Å². The molecule has 1 fully saturated rings. The first kappa shape index (κ1) is 44.7. The molecule has 2 aliphatic heterocycles. The topological polar surface area (TPSA) is 191 Å². The molecule has 7 aromatic rings. The van der Waals surface area contributed by atoms with Crippen molar-refractivity contribution in [2.24, 2.45) is 0 Å². The Morgan fingerprint density at radius 3 is 2.20 bits per heavy atom. The van der Waals surface area contributed by atoms with Crippen molar-refractivity contribution < 1.29 is 38.1 Å². The molecule has 0 aliphatic carbocycles. The molecule has 3 unspecified atom stereocenters. The predicted molar refractivity (Wildman–Crippen MR) is 252 cm³/mol. The molecule has 9 rings (SSSR count). The number of rotatable bonds is 7. The van der Waals surface area contributed by atoms with E-state index in [1.165, 1.54) is 20.2 Å². The lowest BCUT2D eigenvalue weighted by molar-refractivity contribution is -0.145. The predicted octanol–water partition coefficient (Wildman–Crippen LogP) is 8.27. The number of aliphatic hydroxyl groups excluding tert-OH is 1. The second-order valence-electron chi connectivity index (χ2n) is 16.6. The molecule has 0 saturated carbocycles. The zero-order valence-corrected chi connectivity index (χ0v) is 37.5. The molecular formula is C50H52N7O8P. The first-order valence-corrected chi connectivity index (χ1v) is 23.6. The van der Waals surface area contributed by atoms with E-state index in [1.807, 2.05) is 97.1 Å². The molecule has 6 bridgehead atoms. The fraction of sp³-hybridized carbons (Fsp3) is 0.280. The Hall–Kier alpha value is -6.45. The van der Waals surface area contributed by atoms with E-state index in [-0.39, 0.29) is 18.3 Å². The number of imidazole rings is 1. The molecule has 16 heteroatoms. The zero-order chi connectivity index (χ0) is 45.7. The van der Waals surface area contributed by atoms with Gasteiger partial charge < -0.3 is 34.8 Å². The van der Waals surface area contributed by atoms with Crippen molar-refractivity contribution in [1.82, 2.24) is 24.6 Å². The summed E-state index contributed by atoms with van der Waals surface area (Å²) in [6.45, 7) is 3.05. The SMILES string of the molecule is C[C@@H]1NP(=O)(Oc2cccc3ccccc23)OCC2OC(n3cnc4c(nc(NC(c5ccccc5)(c5ccccc5)c5ccccc5)nc43)NCCC=CCCCOC1=O)[C@](C)(O)[C@@H]2O. The summed E-state index contributed by atoms with van der Waals surface area (Å²) in [7, 11) is -4.44. The van der Waals surface area contributed by atoms with Gasteiger partial charge in [0.15, 0.2) is 23.2 Å². The van der Waals surface area contributed by atoms with Crippen LogP contribution in [-0.4, -0.2) is 79.3 Å². The third-order valence-electron chi connectivity index (χ3n) is 12.0. The largest absolute Gasteiger partial charge is 0.465 e. The lowest BCUT2D eigenvalue weighted by Crippen LogP contribution is -2.44. The fourth-order valence-corrected chi connectivity index (χ4v) is 10.1. The van der Waals surface area contributed by atoms with E-state index < -0.39 is 55.9 Å². The second-order valence-corrected chi connectivity index (χ2v) is 18.3. The van der Waals surface area contributed by atoms with Gasteiger partial charge in [0.1, 0.15) is 35.1 Å². The number of aromatic nitrogens is 4. The van der Waals surface area contributed by atoms with Gasteiger partial charge in [0.05, 0.1) is 19.5 Å². The quantitative estimate of drug-likeness (QED) is 0.0444. The summed E-state index contributed by atoms with van der Waals surface area (Å²) in [5, 5.41) is 35.3. The van der Waals surface area contributed by atoms with Gasteiger partial charge in [-0.05, 0) is 61.3 Å². The number of nitrogens with zero attached hydrogens (tertiary/aromatic N) is 4. The lowest BCUT2D eigenvalue weighted by atomic mass is 9.77. The summed E-state index contributed by atoms with van der Waals surface area (Å²) in [6, 6.07) is 41.8. The number of carbonyl (C=O) groups is 1. The van der Waals surface area contributed by atoms with Gasteiger partial charge in [-0.2, -0.15) is 15.1 Å². The van der Waals surface area contributed by atoms with E-state index in [9.17, 15) is 19.6 Å². The monoisotopic (exact) mass is 909 g/mol. The van der Waals surface area contributed by atoms with Crippen LogP contribution in [0.2, 0.25) is 0 Å². The van der Waals surface area contributed by atoms with Gasteiger partial charge in [0.2, 0.25) is 5.95 Å². The zero-order valence-electron chi connectivity index (χ0n) is 36.6. The standard InChI is InChI=1S/C50H52N7O8P/c1-34-46(59)62-31-18-5-3-4-17-30-51-44-42-45(54-48(53-44)55-50(36-22-9-6-10-23-36,37-24-11-7-12-25-37)38-26-13-8-14-27-38)57(33-52-42)47-49(2,60)43(58)41(64-47)32-63-66(61,56-34)65-40-29-19-21-35-20-15-16-28-39(35)40/h3-4,6-16,19-29,33-34,41,43,47,58,60H,5,17-18,30-32H2,1-2H3,(H,56,61)(H2,51,53,54,55)/t34-,41?,43+,47?,49+,66?/m0/s1. The van der Waals surface area contributed by atoms with E-state index in [4.69, 9.17) is 33.5 Å². The van der Waals surface area contributed by atoms with Gasteiger partial charge in [0, 0.05) is 11.9 Å². The van der Waals surface area contributed by atoms with Gasteiger partial charge in [-0.15, -0.1) is 0 Å². The van der Waals surface area contributed by atoms with Gasteiger partial charge >= 0.3 is 13.7 Å². The Labute approximate surface area is 382 Å². The van der Waals surface area contributed by atoms with Crippen molar-refractivity contribution in [3.8, 4) is 5.75 Å². The van der Waals surface area contributed by atoms with Crippen LogP contribution < -0.4 is 20.2 Å². The van der Waals surface area contributed by atoms with Crippen molar-refractivity contribution in [3.63, 3.8) is 0 Å². The number of cyclic esters (lactones) is 1. The van der Waals surface area contributed by atoms with E-state index in [1.54, 1.807) is 16.7 Å². The number of aliphatic hydroxyl groups is 2. The molecule has 15 nitrogen and oxygen atoms in total. The molecule has 2 aromatic heterocycles. The summed E-state index contributed by atoms with van der Waals surface area (Å²) in [6.07, 6.45) is 3.31. The van der Waals surface area contributed by atoms with Crippen LogP contribution in [0.3, 0.4) is 0 Å². The van der Waals surface area contributed by atoms with Crippen LogP contribution >= 0.6 is 7.75 Å². The molecule has 1 saturated heterocycles. The minimum Gasteiger partial charge on any atom is -0.465 e. The van der Waals surface area contributed by atoms with Gasteiger partial charge in [-0.3, -0.25) is 13.9 Å². The Balaban J connectivity index is 1.12. The molecule has 0 amide bonds. The number of esters is 1. The summed E-state index contributed by atoms with van der Waals surface area (Å²) in [4.78, 5) is 28.1. The summed E-state index contributed by atoms with van der Waals surface area (Å²) in [5.74, 6) is 0.261. The van der Waals surface area contributed by atoms with E-state index >= 15 is 0 Å². The number of hydrogen-bond donors (Lipinski definition) is 5. The second kappa shape index (κ2) is 19.2. The normalized spacial score (nSPS) is 24.5. The fourth-order valence-electron chi connectivity index (χ4n) is 8.56. The molecule has 5 aromatic carbocycles. The number of ether oxygens (including phenoxy) is 2. The van der Waals surface area contributed by atoms with Crippen molar-refractivity contribution in [2.45, 2.75) is 68.7 Å². The summed E-state index contributed by atoms with van der Waals surface area (Å²) in [5.41, 5.74) is 0.570. The van der Waals surface area contributed by atoms with Crippen LogP contribution in [0.1, 0.15) is 56.0 Å². The maximum absolute atomic E-state index is 14.8. The number of fused-ring (bicyclic) bond motifs is 4. The van der Waals surface area contributed by atoms with Gasteiger partial charge in [0.25, 0.3) is 0 Å². The highest BCUT2D eigenvalue weighted by molar-refractivity contribution is 7.52. The van der Waals surface area contributed by atoms with E-state index in [0.29, 0.717) is 48.2 Å². The highest BCUT2D eigenvalue weighted by Gasteiger charge is 2.54. The van der Waals surface area contributed by atoms with Crippen LogP contribution in [0.15, 0.2) is 152 Å². The van der Waals surface area contributed by atoms with Crippen LogP contribution in [0.4, 0.5) is 11.8 Å². The smallest absolute Gasteiger partial charge is 0.459 e. The van der Waals surface area contributed by atoms with E-state index in [2.05, 4.69) is 52.1 Å². The third-order valence-corrected chi connectivity index (χ3v) is 13.6. The lowest BCUT2D eigenvalue weighted by Gasteiger charge is -2.37. The molecule has 66 heavy (non-hydrogen) atoms. The average Bonchev–Trinajstić information content (AvgIpc) is 3.86. The average molecular weight is 910 g/mol. The molecule has 0 radical (unpaired) electrons. The van der Waals surface area contributed by atoms with Crippen molar-refractivity contribution in [2.75, 3.05) is 30.4 Å². The van der Waals surface area contributed by atoms with Crippen molar-refractivity contribution in [3.05, 3.63) is 169 Å². The van der Waals surface area contributed by atoms with Crippen LogP contribution in [-0.2, 0) is 28.9 Å². The van der Waals surface area contributed by atoms with E-state index in [0.717, 1.165) is 22.1 Å². The summed E-state index contributed by atoms with van der Waals surface area (Å²) < 4.78 is 40.5. The number of allylic oxidation sites excluding steroid dienone is 1. The highest BCUT2D eigenvalue weighted by atomic mass is 31.2. The molecule has 0 spiro atoms. The minimum absolute atomic E-state index is 0.134. The van der Waals surface area contributed by atoms with Crippen LogP contribution in [0.5, 0.6) is 5.75 Å². The van der Waals surface area contributed by atoms with Gasteiger partial charge in [-0.25, -0.2) is 9.55 Å². The van der Waals surface area contributed by atoms with Crippen molar-refractivity contribution >= 4 is 47.4 Å². The Bertz CT molecular complexity index is 2760. The first-order valence-electron chi connectivity index (χ1n) is 22.1. The maximum atomic E-state index is 14.8. The number of carbonyl (C=O) groups excluding carboxylic acids is 1. The molecule has 4 heterocycles. The molecule has 6 atom stereocenters. The Morgan fingerprint density at radius 1 is 0.864 bits per heavy atom. The summed E-state index contributed by atoms with van der Waals surface area (Å²) >= 11 is 0. The van der Waals surface area contributed by atoms with Crippen molar-refractivity contribution in [1.29, 1.82) is 0 Å². The minimum atomic E-state index is -4.44.